The van der Waals surface area contributed by atoms with Gasteiger partial charge in [0.25, 0.3) is 5.91 Å². The molecule has 1 aromatic heterocycles. The second kappa shape index (κ2) is 9.90. The maximum absolute atomic E-state index is 12.7. The van der Waals surface area contributed by atoms with E-state index < -0.39 is 5.60 Å². The number of carbonyl (C=O) groups excluding carboxylic acids is 2. The quantitative estimate of drug-likeness (QED) is 0.702. The summed E-state index contributed by atoms with van der Waals surface area (Å²) in [5.74, 6) is 0.673. The predicted octanol–water partition coefficient (Wildman–Crippen LogP) is 4.18. The van der Waals surface area contributed by atoms with Crippen molar-refractivity contribution in [1.82, 2.24) is 14.8 Å². The molecule has 1 aromatic carbocycles. The third-order valence-electron chi connectivity index (χ3n) is 5.20. The molecule has 31 heavy (non-hydrogen) atoms. The number of aryl methyl sites for hydroxylation is 1. The van der Waals surface area contributed by atoms with Gasteiger partial charge >= 0.3 is 6.09 Å². The smallest absolute Gasteiger partial charge is 0.410 e. The first-order valence-electron chi connectivity index (χ1n) is 10.9. The Hall–Kier alpha value is -2.96. The topological polar surface area (TPSA) is 72.8 Å². The Balaban J connectivity index is 1.47. The van der Waals surface area contributed by atoms with Crippen molar-refractivity contribution in [2.24, 2.45) is 0 Å². The van der Waals surface area contributed by atoms with Gasteiger partial charge in [-0.3, -0.25) is 4.79 Å². The molecule has 7 heteroatoms. The van der Waals surface area contributed by atoms with Crippen molar-refractivity contribution in [3.05, 3.63) is 53.9 Å². The zero-order chi connectivity index (χ0) is 22.4. The minimum absolute atomic E-state index is 0.118. The Morgan fingerprint density at radius 3 is 2.42 bits per heavy atom. The number of hydrogen-bond acceptors (Lipinski definition) is 4. The van der Waals surface area contributed by atoms with Crippen molar-refractivity contribution in [2.75, 3.05) is 26.2 Å². The number of hydrogen-bond donors (Lipinski definition) is 1. The van der Waals surface area contributed by atoms with Crippen molar-refractivity contribution >= 4 is 12.0 Å². The fourth-order valence-corrected chi connectivity index (χ4v) is 3.62. The summed E-state index contributed by atoms with van der Waals surface area (Å²) in [6.45, 7) is 9.70. The molecule has 0 atom stereocenters. The lowest BCUT2D eigenvalue weighted by molar-refractivity contribution is 0.0187. The van der Waals surface area contributed by atoms with Crippen LogP contribution in [-0.4, -0.2) is 53.3 Å². The van der Waals surface area contributed by atoms with Crippen LogP contribution in [0, 0.1) is 6.92 Å². The molecule has 168 valence electrons. The van der Waals surface area contributed by atoms with Gasteiger partial charge in [-0.1, -0.05) is 17.7 Å². The summed E-state index contributed by atoms with van der Waals surface area (Å²) in [7, 11) is 0. The van der Waals surface area contributed by atoms with E-state index in [0.717, 1.165) is 18.6 Å². The van der Waals surface area contributed by atoms with Crippen molar-refractivity contribution in [1.29, 1.82) is 0 Å². The van der Waals surface area contributed by atoms with Crippen LogP contribution in [0.3, 0.4) is 0 Å². The van der Waals surface area contributed by atoms with Crippen LogP contribution in [0.25, 0.3) is 0 Å². The second-order valence-corrected chi connectivity index (χ2v) is 8.92. The van der Waals surface area contributed by atoms with Crippen molar-refractivity contribution < 1.29 is 19.1 Å². The van der Waals surface area contributed by atoms with Gasteiger partial charge in [-0.25, -0.2) is 4.79 Å². The molecule has 1 fully saturated rings. The first kappa shape index (κ1) is 22.7. The molecule has 0 radical (unpaired) electrons. The number of benzene rings is 1. The Morgan fingerprint density at radius 1 is 1.10 bits per heavy atom. The number of piperidine rings is 1. The summed E-state index contributed by atoms with van der Waals surface area (Å²) in [5.41, 5.74) is 1.31. The lowest BCUT2D eigenvalue weighted by Gasteiger charge is -2.34. The van der Waals surface area contributed by atoms with Crippen LogP contribution >= 0.6 is 0 Å². The number of amides is 2. The number of carbonyl (C=O) groups is 2. The minimum Gasteiger partial charge on any atom is -0.492 e. The molecule has 1 aliphatic rings. The fraction of sp³-hybridized carbons (Fsp3) is 0.500. The molecule has 2 heterocycles. The van der Waals surface area contributed by atoms with E-state index in [-0.39, 0.29) is 18.0 Å². The molecule has 1 N–H and O–H groups in total. The van der Waals surface area contributed by atoms with Gasteiger partial charge in [-0.15, -0.1) is 0 Å². The van der Waals surface area contributed by atoms with E-state index in [0.29, 0.717) is 31.9 Å². The number of rotatable bonds is 6. The summed E-state index contributed by atoms with van der Waals surface area (Å²) >= 11 is 0. The van der Waals surface area contributed by atoms with Gasteiger partial charge in [0.15, 0.2) is 0 Å². The van der Waals surface area contributed by atoms with Crippen LogP contribution in [0.5, 0.6) is 5.75 Å². The van der Waals surface area contributed by atoms with E-state index in [4.69, 9.17) is 9.47 Å². The highest BCUT2D eigenvalue weighted by Gasteiger charge is 2.28. The highest BCUT2D eigenvalue weighted by atomic mass is 16.6. The Kier molecular flexibility index (Phi) is 7.25. The average Bonchev–Trinajstić information content (AvgIpc) is 3.21. The summed E-state index contributed by atoms with van der Waals surface area (Å²) in [4.78, 5) is 26.7. The van der Waals surface area contributed by atoms with Crippen molar-refractivity contribution in [3.63, 3.8) is 0 Å². The van der Waals surface area contributed by atoms with Crippen LogP contribution in [-0.2, 0) is 4.74 Å². The highest BCUT2D eigenvalue weighted by molar-refractivity contribution is 5.92. The minimum atomic E-state index is -0.497. The summed E-state index contributed by atoms with van der Waals surface area (Å²) in [6, 6.07) is 11.7. The zero-order valence-electron chi connectivity index (χ0n) is 18.9. The van der Waals surface area contributed by atoms with Gasteiger partial charge in [-0.2, -0.15) is 0 Å². The van der Waals surface area contributed by atoms with Crippen LogP contribution in [0.1, 0.15) is 55.7 Å². The Bertz CT molecular complexity index is 875. The largest absolute Gasteiger partial charge is 0.492 e. The van der Waals surface area contributed by atoms with Gasteiger partial charge < -0.3 is 24.3 Å². The van der Waals surface area contributed by atoms with Gasteiger partial charge in [0.2, 0.25) is 0 Å². The van der Waals surface area contributed by atoms with E-state index in [1.807, 2.05) is 74.9 Å². The first-order valence-corrected chi connectivity index (χ1v) is 10.9. The molecule has 0 aliphatic carbocycles. The van der Waals surface area contributed by atoms with Gasteiger partial charge in [0.05, 0.1) is 6.54 Å². The lowest BCUT2D eigenvalue weighted by atomic mass is 10.0. The van der Waals surface area contributed by atoms with E-state index in [1.54, 1.807) is 4.90 Å². The maximum atomic E-state index is 12.7. The molecule has 0 unspecified atom stereocenters. The number of ether oxygens (including phenoxy) is 2. The predicted molar refractivity (Wildman–Crippen MR) is 120 cm³/mol. The molecule has 1 aliphatic heterocycles. The van der Waals surface area contributed by atoms with Crippen LogP contribution in [0.2, 0.25) is 0 Å². The number of aromatic nitrogens is 1. The van der Waals surface area contributed by atoms with Crippen LogP contribution in [0.4, 0.5) is 4.79 Å². The first-order chi connectivity index (χ1) is 14.7. The average molecular weight is 428 g/mol. The standard InChI is InChI=1S/C24H33N3O4/c1-18-7-9-20(10-8-18)30-17-13-25-22(28)21-6-5-14-27(21)19-11-15-26(16-12-19)23(29)31-24(2,3)4/h5-10,14,19H,11-13,15-17H2,1-4H3,(H,25,28). The Morgan fingerprint density at radius 2 is 1.77 bits per heavy atom. The molecule has 2 aromatic rings. The number of likely N-dealkylation sites (tertiary alicyclic amines) is 1. The number of nitrogens with zero attached hydrogens (tertiary/aromatic N) is 2. The van der Waals surface area contributed by atoms with Gasteiger partial charge in [0.1, 0.15) is 23.7 Å². The van der Waals surface area contributed by atoms with Gasteiger partial charge in [-0.05, 0) is 64.8 Å². The summed E-state index contributed by atoms with van der Waals surface area (Å²) < 4.78 is 13.2. The molecule has 0 saturated carbocycles. The van der Waals surface area contributed by atoms with Crippen molar-refractivity contribution in [2.45, 2.75) is 52.2 Å². The molecule has 0 bridgehead atoms. The monoisotopic (exact) mass is 427 g/mol. The zero-order valence-corrected chi connectivity index (χ0v) is 18.9. The van der Waals surface area contributed by atoms with Crippen LogP contribution in [0.15, 0.2) is 42.6 Å². The lowest BCUT2D eigenvalue weighted by Crippen LogP contribution is -2.42. The van der Waals surface area contributed by atoms with Crippen LogP contribution < -0.4 is 10.1 Å². The maximum Gasteiger partial charge on any atom is 0.410 e. The Labute approximate surface area is 184 Å². The SMILES string of the molecule is Cc1ccc(OCCNC(=O)c2cccn2C2CCN(C(=O)OC(C)(C)C)CC2)cc1. The molecule has 0 spiro atoms. The molecule has 2 amide bonds. The highest BCUT2D eigenvalue weighted by Crippen LogP contribution is 2.25. The summed E-state index contributed by atoms with van der Waals surface area (Å²) in [6.07, 6.45) is 3.23. The summed E-state index contributed by atoms with van der Waals surface area (Å²) in [5, 5.41) is 2.93. The second-order valence-electron chi connectivity index (χ2n) is 8.92. The van der Waals surface area contributed by atoms with Gasteiger partial charge in [0, 0.05) is 25.3 Å². The number of nitrogens with one attached hydrogen (secondary N) is 1. The molecule has 1 saturated heterocycles. The van der Waals surface area contributed by atoms with E-state index in [9.17, 15) is 9.59 Å². The van der Waals surface area contributed by atoms with E-state index in [2.05, 4.69) is 5.32 Å². The molecule has 3 rings (SSSR count). The van der Waals surface area contributed by atoms with Crippen molar-refractivity contribution in [3.8, 4) is 5.75 Å². The molecular weight excluding hydrogens is 394 g/mol. The molecular formula is C24H33N3O4. The fourth-order valence-electron chi connectivity index (χ4n) is 3.62. The third-order valence-corrected chi connectivity index (χ3v) is 5.20. The van der Waals surface area contributed by atoms with E-state index in [1.165, 1.54) is 5.56 Å². The third kappa shape index (κ3) is 6.51. The normalized spacial score (nSPS) is 14.9. The molecule has 7 nitrogen and oxygen atoms in total. The van der Waals surface area contributed by atoms with E-state index >= 15 is 0 Å².